The lowest BCUT2D eigenvalue weighted by Crippen LogP contribution is -2.50. The zero-order chi connectivity index (χ0) is 12.8. The van der Waals surface area contributed by atoms with E-state index in [0.717, 1.165) is 12.8 Å². The van der Waals surface area contributed by atoms with E-state index in [0.29, 0.717) is 6.32 Å². The molecule has 0 rings (SSSR count). The zero-order valence-corrected chi connectivity index (χ0v) is 11.4. The second-order valence-electron chi connectivity index (χ2n) is 5.49. The van der Waals surface area contributed by atoms with E-state index in [4.69, 9.17) is 4.65 Å². The van der Waals surface area contributed by atoms with E-state index in [1.54, 1.807) is 27.7 Å². The maximum Gasteiger partial charge on any atom is 0.454 e. The monoisotopic (exact) mass is 230 g/mol. The van der Waals surface area contributed by atoms with E-state index in [1.807, 2.05) is 0 Å². The van der Waals surface area contributed by atoms with Crippen molar-refractivity contribution in [2.45, 2.75) is 77.8 Å². The lowest BCUT2D eigenvalue weighted by molar-refractivity contribution is -0.1000. The summed E-state index contributed by atoms with van der Waals surface area (Å²) in [5, 5.41) is 19.6. The molecule has 0 aromatic heterocycles. The average Bonchev–Trinajstić information content (AvgIpc) is 2.10. The van der Waals surface area contributed by atoms with Crippen LogP contribution in [0.4, 0.5) is 0 Å². The molecule has 0 radical (unpaired) electrons. The van der Waals surface area contributed by atoms with Gasteiger partial charge in [0.15, 0.2) is 0 Å². The van der Waals surface area contributed by atoms with E-state index in [9.17, 15) is 10.1 Å². The van der Waals surface area contributed by atoms with Crippen molar-refractivity contribution in [3.05, 3.63) is 0 Å². The van der Waals surface area contributed by atoms with Gasteiger partial charge in [-0.3, -0.25) is 0 Å². The first-order valence-corrected chi connectivity index (χ1v) is 6.29. The molecule has 3 nitrogen and oxygen atoms in total. The Morgan fingerprint density at radius 1 is 1.06 bits per heavy atom. The summed E-state index contributed by atoms with van der Waals surface area (Å²) in [6.07, 6.45) is 5.12. The molecule has 0 aromatic rings. The molecule has 0 aliphatic carbocycles. The molecule has 0 aromatic carbocycles. The molecule has 0 aliphatic rings. The highest BCUT2D eigenvalue weighted by molar-refractivity contribution is 6.42. The van der Waals surface area contributed by atoms with E-state index in [-0.39, 0.29) is 0 Å². The molecule has 0 saturated carbocycles. The third-order valence-electron chi connectivity index (χ3n) is 3.21. The summed E-state index contributed by atoms with van der Waals surface area (Å²) in [6, 6.07) is 0. The summed E-state index contributed by atoms with van der Waals surface area (Å²) in [5.41, 5.74) is -1.70. The molecule has 2 N–H and O–H groups in total. The number of unbranched alkanes of at least 4 members (excludes halogenated alkanes) is 3. The Morgan fingerprint density at radius 3 is 2.06 bits per heavy atom. The van der Waals surface area contributed by atoms with E-state index >= 15 is 0 Å². The topological polar surface area (TPSA) is 49.7 Å². The fraction of sp³-hybridized carbons (Fsp3) is 1.00. The van der Waals surface area contributed by atoms with Crippen LogP contribution in [-0.2, 0) is 4.65 Å². The Balaban J connectivity index is 3.90. The number of hydrogen-bond donors (Lipinski definition) is 2. The van der Waals surface area contributed by atoms with Gasteiger partial charge in [0.1, 0.15) is 0 Å². The Morgan fingerprint density at radius 2 is 1.62 bits per heavy atom. The molecular formula is C12H27BO3. The van der Waals surface area contributed by atoms with Gasteiger partial charge >= 0.3 is 7.12 Å². The molecule has 96 valence electrons. The maximum absolute atomic E-state index is 9.87. The first-order chi connectivity index (χ1) is 7.20. The second-order valence-corrected chi connectivity index (χ2v) is 5.49. The molecule has 0 spiro atoms. The highest BCUT2D eigenvalue weighted by Crippen LogP contribution is 2.26. The van der Waals surface area contributed by atoms with Crippen molar-refractivity contribution in [2.75, 3.05) is 0 Å². The van der Waals surface area contributed by atoms with Crippen LogP contribution in [0.1, 0.15) is 60.3 Å². The third-order valence-corrected chi connectivity index (χ3v) is 3.21. The van der Waals surface area contributed by atoms with Gasteiger partial charge in [0.25, 0.3) is 0 Å². The summed E-state index contributed by atoms with van der Waals surface area (Å²) in [4.78, 5) is 0. The largest absolute Gasteiger partial charge is 0.454 e. The maximum atomic E-state index is 9.87. The van der Waals surface area contributed by atoms with Crippen molar-refractivity contribution < 1.29 is 14.8 Å². The Hall–Kier alpha value is -0.0551. The van der Waals surface area contributed by atoms with Crippen molar-refractivity contribution in [3.63, 3.8) is 0 Å². The van der Waals surface area contributed by atoms with E-state index in [2.05, 4.69) is 6.92 Å². The second kappa shape index (κ2) is 6.62. The molecule has 0 atom stereocenters. The molecular weight excluding hydrogens is 203 g/mol. The Bertz CT molecular complexity index is 187. The smallest absolute Gasteiger partial charge is 0.427 e. The van der Waals surface area contributed by atoms with Crippen LogP contribution in [0.3, 0.4) is 0 Å². The summed E-state index contributed by atoms with van der Waals surface area (Å²) < 4.78 is 5.49. The van der Waals surface area contributed by atoms with E-state index in [1.165, 1.54) is 12.8 Å². The van der Waals surface area contributed by atoms with Crippen LogP contribution in [0.25, 0.3) is 0 Å². The van der Waals surface area contributed by atoms with Crippen molar-refractivity contribution in [1.29, 1.82) is 0 Å². The fourth-order valence-electron chi connectivity index (χ4n) is 1.29. The lowest BCUT2D eigenvalue weighted by Gasteiger charge is -2.38. The van der Waals surface area contributed by atoms with Crippen LogP contribution >= 0.6 is 0 Å². The molecule has 0 amide bonds. The van der Waals surface area contributed by atoms with Crippen LogP contribution < -0.4 is 0 Å². The highest BCUT2D eigenvalue weighted by Gasteiger charge is 2.38. The number of hydrogen-bond acceptors (Lipinski definition) is 3. The predicted octanol–water partition coefficient (Wildman–Crippen LogP) is 2.61. The molecule has 0 heterocycles. The van der Waals surface area contributed by atoms with Gasteiger partial charge in [0, 0.05) is 0 Å². The first kappa shape index (κ1) is 15.9. The summed E-state index contributed by atoms with van der Waals surface area (Å²) in [7, 11) is -0.779. The molecule has 16 heavy (non-hydrogen) atoms. The minimum atomic E-state index is -0.961. The van der Waals surface area contributed by atoms with Gasteiger partial charge in [-0.05, 0) is 34.0 Å². The van der Waals surface area contributed by atoms with Crippen molar-refractivity contribution >= 4 is 7.12 Å². The highest BCUT2D eigenvalue weighted by atomic mass is 16.5. The van der Waals surface area contributed by atoms with Crippen molar-refractivity contribution in [1.82, 2.24) is 0 Å². The molecule has 0 bridgehead atoms. The Labute approximate surface area is 100 Å². The third kappa shape index (κ3) is 5.87. The quantitative estimate of drug-likeness (QED) is 0.497. The zero-order valence-electron chi connectivity index (χ0n) is 11.4. The summed E-state index contributed by atoms with van der Waals surface area (Å²) in [5.74, 6) is 0. The van der Waals surface area contributed by atoms with Crippen LogP contribution in [0.15, 0.2) is 0 Å². The van der Waals surface area contributed by atoms with Crippen LogP contribution in [0.5, 0.6) is 0 Å². The first-order valence-electron chi connectivity index (χ1n) is 6.29. The number of aliphatic hydroxyl groups is 1. The SMILES string of the molecule is CCCCCCB(O)OC(C)(C)C(C)(C)O. The predicted molar refractivity (Wildman–Crippen MR) is 68.4 cm³/mol. The minimum absolute atomic E-state index is 0.638. The fourth-order valence-corrected chi connectivity index (χ4v) is 1.29. The molecule has 0 unspecified atom stereocenters. The van der Waals surface area contributed by atoms with Gasteiger partial charge in [0.05, 0.1) is 11.2 Å². The van der Waals surface area contributed by atoms with Gasteiger partial charge in [0.2, 0.25) is 0 Å². The summed E-state index contributed by atoms with van der Waals surface area (Å²) in [6.45, 7) is 9.13. The molecule has 4 heteroatoms. The van der Waals surface area contributed by atoms with Crippen molar-refractivity contribution in [2.24, 2.45) is 0 Å². The van der Waals surface area contributed by atoms with Crippen LogP contribution in [0.2, 0.25) is 6.32 Å². The molecule has 0 saturated heterocycles. The summed E-state index contributed by atoms with van der Waals surface area (Å²) >= 11 is 0. The van der Waals surface area contributed by atoms with Gasteiger partial charge < -0.3 is 14.8 Å². The van der Waals surface area contributed by atoms with Crippen LogP contribution in [-0.4, -0.2) is 28.5 Å². The standard InChI is InChI=1S/C12H27BO3/c1-6-7-8-9-10-13(15)16-12(4,5)11(2,3)14/h14-15H,6-10H2,1-5H3. The normalized spacial score (nSPS) is 12.9. The van der Waals surface area contributed by atoms with Gasteiger partial charge in [-0.25, -0.2) is 0 Å². The van der Waals surface area contributed by atoms with Crippen molar-refractivity contribution in [3.8, 4) is 0 Å². The lowest BCUT2D eigenvalue weighted by atomic mass is 9.79. The van der Waals surface area contributed by atoms with Crippen LogP contribution in [0, 0.1) is 0 Å². The molecule has 0 aliphatic heterocycles. The van der Waals surface area contributed by atoms with E-state index < -0.39 is 18.3 Å². The number of rotatable bonds is 8. The molecule has 0 fully saturated rings. The van der Waals surface area contributed by atoms with Gasteiger partial charge in [-0.1, -0.05) is 32.6 Å². The minimum Gasteiger partial charge on any atom is -0.427 e. The van der Waals surface area contributed by atoms with Gasteiger partial charge in [-0.2, -0.15) is 0 Å². The average molecular weight is 230 g/mol. The Kier molecular flexibility index (Phi) is 6.60. The van der Waals surface area contributed by atoms with Gasteiger partial charge in [-0.15, -0.1) is 0 Å².